The summed E-state index contributed by atoms with van der Waals surface area (Å²) in [6, 6.07) is 4.45. The summed E-state index contributed by atoms with van der Waals surface area (Å²) in [5, 5.41) is 0. The average molecular weight is 340 g/mol. The van der Waals surface area contributed by atoms with E-state index in [1.54, 1.807) is 26.8 Å². The van der Waals surface area contributed by atoms with Gasteiger partial charge in [0, 0.05) is 16.9 Å². The van der Waals surface area contributed by atoms with Crippen LogP contribution in [-0.4, -0.2) is 15.8 Å². The normalized spacial score (nSPS) is 15.5. The van der Waals surface area contributed by atoms with Crippen molar-refractivity contribution < 1.29 is 13.3 Å². The van der Waals surface area contributed by atoms with Crippen LogP contribution in [-0.2, 0) is 11.4 Å². The molecule has 0 aliphatic carbocycles. The minimum absolute atomic E-state index is 0.0391. The lowest BCUT2D eigenvalue weighted by atomic mass is 10.1. The smallest absolute Gasteiger partial charge is 0.145 e. The van der Waals surface area contributed by atoms with E-state index in [1.165, 1.54) is 12.1 Å². The summed E-state index contributed by atoms with van der Waals surface area (Å²) in [4.78, 5) is 0. The Labute approximate surface area is 118 Å². The molecule has 1 rings (SSSR count). The number of halogens is 3. The number of rotatable bonds is 4. The first-order valence-electron chi connectivity index (χ1n) is 5.47. The van der Waals surface area contributed by atoms with Crippen LogP contribution in [0.3, 0.4) is 0 Å². The van der Waals surface area contributed by atoms with Gasteiger partial charge in [0.15, 0.2) is 0 Å². The minimum atomic E-state index is -1.53. The van der Waals surface area contributed by atoms with Crippen molar-refractivity contribution in [3.63, 3.8) is 0 Å². The number of alkyl halides is 1. The molecule has 1 aromatic rings. The molecule has 2 nitrogen and oxygen atoms in total. The second kappa shape index (κ2) is 6.32. The fraction of sp³-hybridized carbons (Fsp3) is 0.500. The maximum atomic E-state index is 13.9. The van der Waals surface area contributed by atoms with Crippen LogP contribution in [0.25, 0.3) is 0 Å². The predicted molar refractivity (Wildman–Crippen MR) is 73.8 cm³/mol. The SMILES string of the molecule is CC(C)(C)[S@@+]([O-])NC[C@H](F)c1cccc(Br)c1F. The first-order valence-corrected chi connectivity index (χ1v) is 7.41. The molecule has 0 spiro atoms. The van der Waals surface area contributed by atoms with Crippen molar-refractivity contribution in [1.29, 1.82) is 0 Å². The lowest BCUT2D eigenvalue weighted by Gasteiger charge is -2.24. The van der Waals surface area contributed by atoms with E-state index in [4.69, 9.17) is 0 Å². The summed E-state index contributed by atoms with van der Waals surface area (Å²) in [6.07, 6.45) is -1.53. The van der Waals surface area contributed by atoms with E-state index < -0.39 is 28.1 Å². The molecule has 6 heteroatoms. The third kappa shape index (κ3) is 4.19. The van der Waals surface area contributed by atoms with Gasteiger partial charge >= 0.3 is 0 Å². The molecule has 0 amide bonds. The van der Waals surface area contributed by atoms with Crippen molar-refractivity contribution in [3.05, 3.63) is 34.1 Å². The first kappa shape index (κ1) is 15.9. The molecule has 18 heavy (non-hydrogen) atoms. The van der Waals surface area contributed by atoms with E-state index in [0.29, 0.717) is 0 Å². The van der Waals surface area contributed by atoms with E-state index in [9.17, 15) is 13.3 Å². The zero-order valence-electron chi connectivity index (χ0n) is 10.5. The molecular weight excluding hydrogens is 324 g/mol. The van der Waals surface area contributed by atoms with Crippen LogP contribution in [0, 0.1) is 5.82 Å². The fourth-order valence-electron chi connectivity index (χ4n) is 1.24. The van der Waals surface area contributed by atoms with Gasteiger partial charge in [-0.25, -0.2) is 8.78 Å². The van der Waals surface area contributed by atoms with Gasteiger partial charge in [0.25, 0.3) is 0 Å². The quantitative estimate of drug-likeness (QED) is 0.849. The van der Waals surface area contributed by atoms with Crippen LogP contribution in [0.5, 0.6) is 0 Å². The zero-order valence-corrected chi connectivity index (χ0v) is 12.9. The number of hydrogen-bond acceptors (Lipinski definition) is 2. The van der Waals surface area contributed by atoms with E-state index in [1.807, 2.05) is 0 Å². The molecule has 1 aromatic carbocycles. The molecule has 102 valence electrons. The molecule has 2 atom stereocenters. The standard InChI is InChI=1S/C12H16BrF2NOS/c1-12(2,3)18(17)16-7-10(14)8-5-4-6-9(13)11(8)15/h4-6,10,16H,7H2,1-3H3/t10-,18+/m0/s1. The van der Waals surface area contributed by atoms with Crippen LogP contribution in [0.2, 0.25) is 0 Å². The summed E-state index contributed by atoms with van der Waals surface area (Å²) in [5.41, 5.74) is -0.0391. The molecule has 0 saturated carbocycles. The number of benzene rings is 1. The van der Waals surface area contributed by atoms with Crippen molar-refractivity contribution in [2.75, 3.05) is 6.54 Å². The molecule has 0 aliphatic rings. The highest BCUT2D eigenvalue weighted by atomic mass is 79.9. The largest absolute Gasteiger partial charge is 0.598 e. The summed E-state index contributed by atoms with van der Waals surface area (Å²) < 4.78 is 41.5. The summed E-state index contributed by atoms with van der Waals surface area (Å²) in [6.45, 7) is 5.16. The Kier molecular flexibility index (Phi) is 5.58. The maximum absolute atomic E-state index is 13.9. The minimum Gasteiger partial charge on any atom is -0.598 e. The predicted octanol–water partition coefficient (Wildman–Crippen LogP) is 3.65. The van der Waals surface area contributed by atoms with Crippen LogP contribution >= 0.6 is 15.9 Å². The number of nitrogens with one attached hydrogen (secondary N) is 1. The highest BCUT2D eigenvalue weighted by Crippen LogP contribution is 2.26. The topological polar surface area (TPSA) is 35.1 Å². The molecule has 0 aliphatic heterocycles. The Morgan fingerprint density at radius 2 is 2.06 bits per heavy atom. The first-order chi connectivity index (χ1) is 8.23. The van der Waals surface area contributed by atoms with Crippen LogP contribution in [0.4, 0.5) is 8.78 Å². The van der Waals surface area contributed by atoms with Gasteiger partial charge in [0.1, 0.15) is 16.7 Å². The van der Waals surface area contributed by atoms with E-state index in [2.05, 4.69) is 20.7 Å². The lowest BCUT2D eigenvalue weighted by molar-refractivity contribution is 0.331. The van der Waals surface area contributed by atoms with Crippen molar-refractivity contribution >= 4 is 27.3 Å². The van der Waals surface area contributed by atoms with Gasteiger partial charge in [-0.1, -0.05) is 12.1 Å². The third-order valence-corrected chi connectivity index (χ3v) is 4.42. The van der Waals surface area contributed by atoms with Crippen LogP contribution < -0.4 is 4.72 Å². The van der Waals surface area contributed by atoms with Gasteiger partial charge in [-0.2, -0.15) is 0 Å². The Bertz CT molecular complexity index is 412. The zero-order chi connectivity index (χ0) is 13.9. The van der Waals surface area contributed by atoms with Gasteiger partial charge in [-0.3, -0.25) is 0 Å². The molecule has 0 unspecified atom stereocenters. The highest BCUT2D eigenvalue weighted by molar-refractivity contribution is 9.10. The number of hydrogen-bond donors (Lipinski definition) is 1. The molecule has 0 fully saturated rings. The van der Waals surface area contributed by atoms with Gasteiger partial charge < -0.3 is 4.55 Å². The van der Waals surface area contributed by atoms with Gasteiger partial charge in [-0.05, 0) is 42.8 Å². The fourth-order valence-corrected chi connectivity index (χ4v) is 2.35. The van der Waals surface area contributed by atoms with Gasteiger partial charge in [0.2, 0.25) is 0 Å². The monoisotopic (exact) mass is 339 g/mol. The molecule has 0 radical (unpaired) electrons. The maximum Gasteiger partial charge on any atom is 0.145 e. The molecular formula is C12H16BrF2NOS. The van der Waals surface area contributed by atoms with Gasteiger partial charge in [-0.15, -0.1) is 4.72 Å². The van der Waals surface area contributed by atoms with Crippen molar-refractivity contribution in [2.24, 2.45) is 0 Å². The van der Waals surface area contributed by atoms with E-state index in [-0.39, 0.29) is 16.6 Å². The van der Waals surface area contributed by atoms with E-state index >= 15 is 0 Å². The third-order valence-electron chi connectivity index (χ3n) is 2.27. The Morgan fingerprint density at radius 1 is 1.44 bits per heavy atom. The Hall–Kier alpha value is -0.170. The highest BCUT2D eigenvalue weighted by Gasteiger charge is 2.28. The lowest BCUT2D eigenvalue weighted by Crippen LogP contribution is -2.40. The molecule has 0 heterocycles. The Balaban J connectivity index is 2.66. The summed E-state index contributed by atoms with van der Waals surface area (Å²) in [7, 11) is 0. The van der Waals surface area contributed by atoms with E-state index in [0.717, 1.165) is 0 Å². The molecule has 0 aromatic heterocycles. The second-order valence-electron chi connectivity index (χ2n) is 4.84. The van der Waals surface area contributed by atoms with Crippen molar-refractivity contribution in [2.45, 2.75) is 31.7 Å². The Morgan fingerprint density at radius 3 is 2.61 bits per heavy atom. The molecule has 1 N–H and O–H groups in total. The van der Waals surface area contributed by atoms with Crippen molar-refractivity contribution in [1.82, 2.24) is 4.72 Å². The summed E-state index contributed by atoms with van der Waals surface area (Å²) >= 11 is 1.64. The molecule has 0 bridgehead atoms. The van der Waals surface area contributed by atoms with Crippen molar-refractivity contribution in [3.8, 4) is 0 Å². The summed E-state index contributed by atoms with van der Waals surface area (Å²) in [5.74, 6) is -0.617. The second-order valence-corrected chi connectivity index (χ2v) is 7.75. The van der Waals surface area contributed by atoms with Gasteiger partial charge in [0.05, 0.1) is 11.0 Å². The van der Waals surface area contributed by atoms with Crippen LogP contribution in [0.1, 0.15) is 32.5 Å². The van der Waals surface area contributed by atoms with Crippen LogP contribution in [0.15, 0.2) is 22.7 Å². The molecule has 0 saturated heterocycles. The average Bonchev–Trinajstić information content (AvgIpc) is 2.27.